The van der Waals surface area contributed by atoms with Crippen molar-refractivity contribution in [2.75, 3.05) is 32.9 Å². The van der Waals surface area contributed by atoms with E-state index in [2.05, 4.69) is 4.90 Å². The molecule has 0 amide bonds. The third kappa shape index (κ3) is 4.42. The predicted octanol–water partition coefficient (Wildman–Crippen LogP) is 2.30. The van der Waals surface area contributed by atoms with Gasteiger partial charge in [0.1, 0.15) is 23.2 Å². The van der Waals surface area contributed by atoms with Gasteiger partial charge in [0.2, 0.25) is 5.88 Å². The molecule has 1 unspecified atom stereocenters. The van der Waals surface area contributed by atoms with Crippen LogP contribution in [0.2, 0.25) is 0 Å². The molecule has 7 nitrogen and oxygen atoms in total. The summed E-state index contributed by atoms with van der Waals surface area (Å²) in [5.41, 5.74) is 7.06. The summed E-state index contributed by atoms with van der Waals surface area (Å²) in [6, 6.07) is 6.74. The first-order chi connectivity index (χ1) is 14.0. The number of rotatable bonds is 5. The third-order valence-electron chi connectivity index (χ3n) is 5.01. The second-order valence-electron chi connectivity index (χ2n) is 6.85. The molecule has 1 aromatic rings. The van der Waals surface area contributed by atoms with Crippen LogP contribution in [0.25, 0.3) is 0 Å². The van der Waals surface area contributed by atoms with Crippen LogP contribution in [0.5, 0.6) is 0 Å². The van der Waals surface area contributed by atoms with E-state index >= 15 is 0 Å². The fraction of sp³-hybridized carbons (Fsp3) is 0.429. The monoisotopic (exact) mass is 401 g/mol. The molecule has 0 bridgehead atoms. The van der Waals surface area contributed by atoms with Gasteiger partial charge < -0.3 is 19.9 Å². The van der Waals surface area contributed by atoms with Gasteiger partial charge >= 0.3 is 5.97 Å². The third-order valence-corrected chi connectivity index (χ3v) is 5.01. The van der Waals surface area contributed by atoms with Gasteiger partial charge in [0.05, 0.1) is 31.3 Å². The van der Waals surface area contributed by atoms with Crippen LogP contribution in [-0.2, 0) is 25.5 Å². The van der Waals surface area contributed by atoms with Crippen LogP contribution in [0.15, 0.2) is 41.0 Å². The van der Waals surface area contributed by atoms with E-state index in [1.54, 1.807) is 26.0 Å². The van der Waals surface area contributed by atoms with Crippen LogP contribution in [0.1, 0.15) is 30.9 Å². The molecule has 2 aliphatic rings. The van der Waals surface area contributed by atoms with Crippen LogP contribution in [-0.4, -0.2) is 43.8 Å². The molecule has 1 atom stereocenters. The number of allylic oxidation sites excluding steroid dienone is 2. The van der Waals surface area contributed by atoms with Crippen molar-refractivity contribution in [1.82, 2.24) is 4.90 Å². The Labute approximate surface area is 169 Å². The first-order valence-electron chi connectivity index (χ1n) is 9.50. The summed E-state index contributed by atoms with van der Waals surface area (Å²) in [5, 5.41) is 9.59. The minimum atomic E-state index is -0.847. The quantitative estimate of drug-likeness (QED) is 0.756. The normalized spacial score (nSPS) is 20.3. The molecule has 0 radical (unpaired) electrons. The van der Waals surface area contributed by atoms with Crippen LogP contribution in [0, 0.1) is 17.1 Å². The zero-order chi connectivity index (χ0) is 21.0. The van der Waals surface area contributed by atoms with Crippen molar-refractivity contribution in [3.8, 4) is 6.07 Å². The molecule has 0 aromatic heterocycles. The second-order valence-corrected chi connectivity index (χ2v) is 6.85. The Balaban J connectivity index is 1.96. The fourth-order valence-electron chi connectivity index (χ4n) is 3.56. The number of hydrogen-bond acceptors (Lipinski definition) is 7. The molecule has 8 heteroatoms. The molecule has 1 fully saturated rings. The lowest BCUT2D eigenvalue weighted by atomic mass is 9.82. The molecule has 2 aliphatic heterocycles. The van der Waals surface area contributed by atoms with E-state index in [1.165, 1.54) is 6.07 Å². The Morgan fingerprint density at radius 2 is 2.14 bits per heavy atom. The number of morpholine rings is 1. The Hall–Kier alpha value is -2.89. The highest BCUT2D eigenvalue weighted by atomic mass is 19.1. The summed E-state index contributed by atoms with van der Waals surface area (Å²) in [6.45, 7) is 6.63. The molecule has 154 valence electrons. The minimum absolute atomic E-state index is 0.0546. The Bertz CT molecular complexity index is 898. The Morgan fingerprint density at radius 3 is 2.76 bits per heavy atom. The van der Waals surface area contributed by atoms with Crippen LogP contribution < -0.4 is 5.73 Å². The summed E-state index contributed by atoms with van der Waals surface area (Å²) >= 11 is 0. The van der Waals surface area contributed by atoms with Crippen molar-refractivity contribution in [1.29, 1.82) is 5.26 Å². The summed E-state index contributed by atoms with van der Waals surface area (Å²) in [5.74, 6) is -1.73. The van der Waals surface area contributed by atoms with Gasteiger partial charge in [-0.1, -0.05) is 12.1 Å². The predicted molar refractivity (Wildman–Crippen MR) is 102 cm³/mol. The SMILES string of the molecule is CCOC(=O)C1=C(C)OC(N)=C(C#N)C1c1ccc(CN2CCOCC2)c(F)c1. The highest BCUT2D eigenvalue weighted by Crippen LogP contribution is 2.40. The number of benzene rings is 1. The summed E-state index contributed by atoms with van der Waals surface area (Å²) in [7, 11) is 0. The maximum atomic E-state index is 14.9. The largest absolute Gasteiger partial charge is 0.463 e. The lowest BCUT2D eigenvalue weighted by molar-refractivity contribution is -0.139. The smallest absolute Gasteiger partial charge is 0.338 e. The zero-order valence-electron chi connectivity index (χ0n) is 16.5. The Morgan fingerprint density at radius 1 is 1.41 bits per heavy atom. The van der Waals surface area contributed by atoms with Crippen LogP contribution in [0.4, 0.5) is 4.39 Å². The van der Waals surface area contributed by atoms with Crippen molar-refractivity contribution >= 4 is 5.97 Å². The number of hydrogen-bond donors (Lipinski definition) is 1. The molecule has 2 N–H and O–H groups in total. The molecule has 1 saturated heterocycles. The molecule has 0 saturated carbocycles. The average molecular weight is 401 g/mol. The zero-order valence-corrected chi connectivity index (χ0v) is 16.5. The number of nitriles is 1. The standard InChI is InChI=1S/C21H24FN3O4/c1-3-28-21(26)18-13(2)29-20(24)16(11-23)19(18)14-4-5-15(17(22)10-14)12-25-6-8-27-9-7-25/h4-5,10,19H,3,6-9,12,24H2,1-2H3. The molecule has 1 aromatic carbocycles. The Kier molecular flexibility index (Phi) is 6.52. The van der Waals surface area contributed by atoms with Gasteiger partial charge in [-0.25, -0.2) is 9.18 Å². The van der Waals surface area contributed by atoms with Crippen LogP contribution >= 0.6 is 0 Å². The lowest BCUT2D eigenvalue weighted by Gasteiger charge is -2.28. The van der Waals surface area contributed by atoms with E-state index in [0.29, 0.717) is 30.9 Å². The lowest BCUT2D eigenvalue weighted by Crippen LogP contribution is -2.35. The molecule has 0 spiro atoms. The first-order valence-corrected chi connectivity index (χ1v) is 9.50. The number of nitrogens with zero attached hydrogens (tertiary/aromatic N) is 2. The molecule has 0 aliphatic carbocycles. The van der Waals surface area contributed by atoms with E-state index in [4.69, 9.17) is 19.9 Å². The maximum Gasteiger partial charge on any atom is 0.338 e. The van der Waals surface area contributed by atoms with E-state index in [0.717, 1.165) is 13.1 Å². The van der Waals surface area contributed by atoms with Gasteiger partial charge in [0.15, 0.2) is 0 Å². The first kappa shape index (κ1) is 20.8. The molecule has 3 rings (SSSR count). The number of nitrogens with two attached hydrogens (primary N) is 1. The fourth-order valence-corrected chi connectivity index (χ4v) is 3.56. The number of esters is 1. The van der Waals surface area contributed by atoms with Gasteiger partial charge in [-0.3, -0.25) is 4.90 Å². The highest BCUT2D eigenvalue weighted by Gasteiger charge is 2.36. The second kappa shape index (κ2) is 9.07. The van der Waals surface area contributed by atoms with Gasteiger partial charge in [-0.2, -0.15) is 5.26 Å². The maximum absolute atomic E-state index is 14.9. The van der Waals surface area contributed by atoms with Gasteiger partial charge in [0.25, 0.3) is 0 Å². The van der Waals surface area contributed by atoms with Crippen LogP contribution in [0.3, 0.4) is 0 Å². The minimum Gasteiger partial charge on any atom is -0.463 e. The van der Waals surface area contributed by atoms with Gasteiger partial charge in [-0.05, 0) is 25.5 Å². The number of carbonyl (C=O) groups is 1. The van der Waals surface area contributed by atoms with E-state index in [-0.39, 0.29) is 29.4 Å². The number of halogens is 1. The summed E-state index contributed by atoms with van der Waals surface area (Å²) in [6.07, 6.45) is 0. The molecular weight excluding hydrogens is 377 g/mol. The van der Waals surface area contributed by atoms with Crippen molar-refractivity contribution in [3.05, 3.63) is 57.9 Å². The number of ether oxygens (including phenoxy) is 3. The van der Waals surface area contributed by atoms with Crippen molar-refractivity contribution in [2.24, 2.45) is 5.73 Å². The van der Waals surface area contributed by atoms with Crippen molar-refractivity contribution in [2.45, 2.75) is 26.3 Å². The number of carbonyl (C=O) groups excluding carboxylic acids is 1. The van der Waals surface area contributed by atoms with Crippen molar-refractivity contribution < 1.29 is 23.4 Å². The van der Waals surface area contributed by atoms with E-state index < -0.39 is 17.7 Å². The van der Waals surface area contributed by atoms with E-state index in [1.807, 2.05) is 6.07 Å². The van der Waals surface area contributed by atoms with Crippen molar-refractivity contribution in [3.63, 3.8) is 0 Å². The highest BCUT2D eigenvalue weighted by molar-refractivity contribution is 5.92. The molecule has 29 heavy (non-hydrogen) atoms. The molecular formula is C21H24FN3O4. The van der Waals surface area contributed by atoms with E-state index in [9.17, 15) is 14.4 Å². The van der Waals surface area contributed by atoms with Gasteiger partial charge in [-0.15, -0.1) is 0 Å². The average Bonchev–Trinajstić information content (AvgIpc) is 2.70. The summed E-state index contributed by atoms with van der Waals surface area (Å²) < 4.78 is 30.7. The topological polar surface area (TPSA) is 97.8 Å². The molecule has 2 heterocycles. The summed E-state index contributed by atoms with van der Waals surface area (Å²) in [4.78, 5) is 14.6. The van der Waals surface area contributed by atoms with Gasteiger partial charge in [0, 0.05) is 25.2 Å².